The van der Waals surface area contributed by atoms with Crippen LogP contribution in [0.2, 0.25) is 0 Å². The molecule has 96 valence electrons. The monoisotopic (exact) mass is 251 g/mol. The SMILES string of the molecule is COc1cc(/C=N\NC(N)=O)ccc1OC(C)=O. The number of nitrogens with zero attached hydrogens (tertiary/aromatic N) is 1. The number of ether oxygens (including phenoxy) is 2. The van der Waals surface area contributed by atoms with Gasteiger partial charge in [-0.3, -0.25) is 4.79 Å². The number of amides is 2. The van der Waals surface area contributed by atoms with Crippen LogP contribution < -0.4 is 20.6 Å². The first-order chi connectivity index (χ1) is 8.52. The first-order valence-electron chi connectivity index (χ1n) is 4.98. The minimum atomic E-state index is -0.755. The Bertz CT molecular complexity index is 485. The van der Waals surface area contributed by atoms with Gasteiger partial charge in [-0.05, 0) is 23.8 Å². The predicted octanol–water partition coefficient (Wildman–Crippen LogP) is 0.623. The van der Waals surface area contributed by atoms with Crippen molar-refractivity contribution in [3.63, 3.8) is 0 Å². The van der Waals surface area contributed by atoms with Crippen LogP contribution in [0.1, 0.15) is 12.5 Å². The Labute approximate surface area is 104 Å². The number of hydrogen-bond acceptors (Lipinski definition) is 5. The Hall–Kier alpha value is -2.57. The largest absolute Gasteiger partial charge is 0.493 e. The van der Waals surface area contributed by atoms with Crippen molar-refractivity contribution < 1.29 is 19.1 Å². The maximum Gasteiger partial charge on any atom is 0.332 e. The molecule has 1 aromatic carbocycles. The lowest BCUT2D eigenvalue weighted by Crippen LogP contribution is -2.24. The maximum atomic E-state index is 10.8. The van der Waals surface area contributed by atoms with Gasteiger partial charge in [-0.15, -0.1) is 0 Å². The highest BCUT2D eigenvalue weighted by Crippen LogP contribution is 2.27. The van der Waals surface area contributed by atoms with Crippen LogP contribution in [0.25, 0.3) is 0 Å². The molecule has 0 spiro atoms. The third-order valence-corrected chi connectivity index (χ3v) is 1.83. The summed E-state index contributed by atoms with van der Waals surface area (Å²) >= 11 is 0. The smallest absolute Gasteiger partial charge is 0.332 e. The average Bonchev–Trinajstić information content (AvgIpc) is 2.29. The van der Waals surface area contributed by atoms with Crippen LogP contribution in [0.3, 0.4) is 0 Å². The first-order valence-corrected chi connectivity index (χ1v) is 4.98. The van der Waals surface area contributed by atoms with Crippen LogP contribution in [0.4, 0.5) is 4.79 Å². The quantitative estimate of drug-likeness (QED) is 0.354. The van der Waals surface area contributed by atoms with E-state index in [1.165, 1.54) is 20.2 Å². The van der Waals surface area contributed by atoms with E-state index in [0.717, 1.165) is 0 Å². The Morgan fingerprint density at radius 2 is 2.11 bits per heavy atom. The van der Waals surface area contributed by atoms with Gasteiger partial charge < -0.3 is 15.2 Å². The van der Waals surface area contributed by atoms with Crippen molar-refractivity contribution in [3.8, 4) is 11.5 Å². The van der Waals surface area contributed by atoms with Crippen LogP contribution in [0.5, 0.6) is 11.5 Å². The van der Waals surface area contributed by atoms with Gasteiger partial charge in [0.2, 0.25) is 0 Å². The third kappa shape index (κ3) is 4.12. The summed E-state index contributed by atoms with van der Waals surface area (Å²) in [5, 5.41) is 3.59. The zero-order chi connectivity index (χ0) is 13.5. The van der Waals surface area contributed by atoms with Crippen LogP contribution in [0, 0.1) is 0 Å². The number of rotatable bonds is 4. The standard InChI is InChI=1S/C11H13N3O4/c1-7(15)18-9-4-3-8(5-10(9)17-2)6-13-14-11(12)16/h3-6H,1-2H3,(H3,12,14,16)/b13-6-. The van der Waals surface area contributed by atoms with Gasteiger partial charge in [0.05, 0.1) is 13.3 Å². The Kier molecular flexibility index (Phi) is 4.67. The Morgan fingerprint density at radius 1 is 1.39 bits per heavy atom. The zero-order valence-electron chi connectivity index (χ0n) is 9.97. The topological polar surface area (TPSA) is 103 Å². The summed E-state index contributed by atoms with van der Waals surface area (Å²) in [4.78, 5) is 21.3. The van der Waals surface area contributed by atoms with Gasteiger partial charge in [0, 0.05) is 6.92 Å². The summed E-state index contributed by atoms with van der Waals surface area (Å²) < 4.78 is 10.00. The highest BCUT2D eigenvalue weighted by atomic mass is 16.6. The van der Waals surface area contributed by atoms with Gasteiger partial charge >= 0.3 is 12.0 Å². The molecule has 0 atom stereocenters. The highest BCUT2D eigenvalue weighted by Gasteiger charge is 2.07. The number of carbonyl (C=O) groups is 2. The van der Waals surface area contributed by atoms with Crippen molar-refractivity contribution in [2.75, 3.05) is 7.11 Å². The van der Waals surface area contributed by atoms with Crippen molar-refractivity contribution >= 4 is 18.2 Å². The van der Waals surface area contributed by atoms with Gasteiger partial charge in [-0.25, -0.2) is 10.2 Å². The van der Waals surface area contributed by atoms with E-state index in [2.05, 4.69) is 10.5 Å². The van der Waals surface area contributed by atoms with E-state index in [4.69, 9.17) is 15.2 Å². The summed E-state index contributed by atoms with van der Waals surface area (Å²) in [6.45, 7) is 1.30. The molecule has 0 aliphatic carbocycles. The minimum Gasteiger partial charge on any atom is -0.493 e. The molecule has 0 aromatic heterocycles. The molecule has 0 radical (unpaired) electrons. The number of nitrogens with one attached hydrogen (secondary N) is 1. The van der Waals surface area contributed by atoms with E-state index in [1.807, 2.05) is 0 Å². The van der Waals surface area contributed by atoms with Gasteiger partial charge in [-0.2, -0.15) is 5.10 Å². The Balaban J connectivity index is 2.87. The maximum absolute atomic E-state index is 10.8. The number of esters is 1. The molecule has 0 heterocycles. The van der Waals surface area contributed by atoms with Gasteiger partial charge in [0.25, 0.3) is 0 Å². The molecule has 7 heteroatoms. The number of carbonyl (C=O) groups excluding carboxylic acids is 2. The lowest BCUT2D eigenvalue weighted by atomic mass is 10.2. The fraction of sp³-hybridized carbons (Fsp3) is 0.182. The third-order valence-electron chi connectivity index (χ3n) is 1.83. The number of methoxy groups -OCH3 is 1. The molecule has 2 amide bonds. The van der Waals surface area contributed by atoms with E-state index < -0.39 is 12.0 Å². The summed E-state index contributed by atoms with van der Waals surface area (Å²) in [5.41, 5.74) is 7.56. The zero-order valence-corrected chi connectivity index (χ0v) is 9.97. The van der Waals surface area contributed by atoms with Crippen LogP contribution in [0.15, 0.2) is 23.3 Å². The van der Waals surface area contributed by atoms with Crippen molar-refractivity contribution in [2.24, 2.45) is 10.8 Å². The average molecular weight is 251 g/mol. The van der Waals surface area contributed by atoms with E-state index in [9.17, 15) is 9.59 Å². The molecule has 3 N–H and O–H groups in total. The van der Waals surface area contributed by atoms with E-state index in [0.29, 0.717) is 17.1 Å². The van der Waals surface area contributed by atoms with Gasteiger partial charge in [0.15, 0.2) is 11.5 Å². The van der Waals surface area contributed by atoms with E-state index in [1.54, 1.807) is 18.2 Å². The minimum absolute atomic E-state index is 0.310. The summed E-state index contributed by atoms with van der Waals surface area (Å²) in [6, 6.07) is 4.05. The second kappa shape index (κ2) is 6.24. The van der Waals surface area contributed by atoms with Gasteiger partial charge in [0.1, 0.15) is 0 Å². The van der Waals surface area contributed by atoms with Crippen molar-refractivity contribution in [1.82, 2.24) is 5.43 Å². The van der Waals surface area contributed by atoms with E-state index in [-0.39, 0.29) is 0 Å². The Morgan fingerprint density at radius 3 is 2.67 bits per heavy atom. The molecule has 1 rings (SSSR count). The molecule has 0 saturated carbocycles. The van der Waals surface area contributed by atoms with Crippen LogP contribution in [-0.2, 0) is 4.79 Å². The van der Waals surface area contributed by atoms with Crippen LogP contribution in [-0.4, -0.2) is 25.3 Å². The molecule has 0 unspecified atom stereocenters. The van der Waals surface area contributed by atoms with Crippen molar-refractivity contribution in [2.45, 2.75) is 6.92 Å². The normalized spacial score (nSPS) is 10.1. The number of benzene rings is 1. The number of nitrogens with two attached hydrogens (primary N) is 1. The number of hydrogen-bond donors (Lipinski definition) is 2. The van der Waals surface area contributed by atoms with Gasteiger partial charge in [-0.1, -0.05) is 0 Å². The molecule has 7 nitrogen and oxygen atoms in total. The fourth-order valence-electron chi connectivity index (χ4n) is 1.17. The molecule has 0 aliphatic heterocycles. The lowest BCUT2D eigenvalue weighted by molar-refractivity contribution is -0.132. The highest BCUT2D eigenvalue weighted by molar-refractivity contribution is 5.83. The lowest BCUT2D eigenvalue weighted by Gasteiger charge is -2.08. The van der Waals surface area contributed by atoms with E-state index >= 15 is 0 Å². The molecule has 18 heavy (non-hydrogen) atoms. The summed E-state index contributed by atoms with van der Waals surface area (Å²) in [7, 11) is 1.45. The number of urea groups is 1. The summed E-state index contributed by atoms with van der Waals surface area (Å²) in [6.07, 6.45) is 1.38. The van der Waals surface area contributed by atoms with Crippen molar-refractivity contribution in [1.29, 1.82) is 0 Å². The molecule has 0 fully saturated rings. The molecule has 0 aliphatic rings. The first kappa shape index (κ1) is 13.5. The van der Waals surface area contributed by atoms with Crippen LogP contribution >= 0.6 is 0 Å². The molecular weight excluding hydrogens is 238 g/mol. The predicted molar refractivity (Wildman–Crippen MR) is 64.6 cm³/mol. The van der Waals surface area contributed by atoms with Crippen molar-refractivity contribution in [3.05, 3.63) is 23.8 Å². The molecule has 1 aromatic rings. The summed E-state index contributed by atoms with van der Waals surface area (Å²) in [5.74, 6) is 0.253. The molecule has 0 bridgehead atoms. The fourth-order valence-corrected chi connectivity index (χ4v) is 1.17. The number of primary amides is 1. The second-order valence-corrected chi connectivity index (χ2v) is 3.24. The molecule has 0 saturated heterocycles. The second-order valence-electron chi connectivity index (χ2n) is 3.24. The number of hydrazone groups is 1. The molecular formula is C11H13N3O4.